The number of hydrogen-bond acceptors (Lipinski definition) is 4. The summed E-state index contributed by atoms with van der Waals surface area (Å²) in [5, 5.41) is 2.83. The summed E-state index contributed by atoms with van der Waals surface area (Å²) in [5.74, 6) is -1.19. The molecule has 0 bridgehead atoms. The third kappa shape index (κ3) is 7.62. The van der Waals surface area contributed by atoms with E-state index >= 15 is 0 Å². The van der Waals surface area contributed by atoms with E-state index in [1.165, 1.54) is 42.2 Å². The van der Waals surface area contributed by atoms with Gasteiger partial charge in [0.15, 0.2) is 0 Å². The van der Waals surface area contributed by atoms with Crippen LogP contribution in [0, 0.1) is 0 Å². The first kappa shape index (κ1) is 30.7. The van der Waals surface area contributed by atoms with E-state index in [4.69, 9.17) is 0 Å². The van der Waals surface area contributed by atoms with Crippen molar-refractivity contribution in [1.82, 2.24) is 10.2 Å². The largest absolute Gasteiger partial charge is 0.416 e. The molecule has 11 heteroatoms. The van der Waals surface area contributed by atoms with Gasteiger partial charge in [0.1, 0.15) is 12.6 Å². The van der Waals surface area contributed by atoms with Crippen LogP contribution in [0.15, 0.2) is 89.8 Å². The highest BCUT2D eigenvalue weighted by Gasteiger charge is 2.35. The average molecular weight is 576 g/mol. The lowest BCUT2D eigenvalue weighted by Gasteiger charge is -2.32. The van der Waals surface area contributed by atoms with Crippen LogP contribution in [-0.2, 0) is 32.3 Å². The molecule has 0 saturated heterocycles. The van der Waals surface area contributed by atoms with Crippen LogP contribution in [0.1, 0.15) is 38.3 Å². The molecule has 0 aliphatic carbocycles. The van der Waals surface area contributed by atoms with E-state index in [-0.39, 0.29) is 23.2 Å². The Morgan fingerprint density at radius 3 is 2.08 bits per heavy atom. The Labute approximate surface area is 232 Å². The molecule has 7 nitrogen and oxygen atoms in total. The van der Waals surface area contributed by atoms with Crippen LogP contribution in [0.2, 0.25) is 0 Å². The molecular weight excluding hydrogens is 543 g/mol. The number of anilines is 1. The Hall–Kier alpha value is -3.86. The SMILES string of the molecule is CC[C@@H](C)NC(=O)[C@@H](C)N(Cc1ccccc1)C(=O)CN(c1cccc(C(F)(F)F)c1)S(=O)(=O)c1ccccc1. The van der Waals surface area contributed by atoms with Gasteiger partial charge >= 0.3 is 6.18 Å². The summed E-state index contributed by atoms with van der Waals surface area (Å²) in [5.41, 5.74) is -0.702. The van der Waals surface area contributed by atoms with Crippen LogP contribution >= 0.6 is 0 Å². The number of carbonyl (C=O) groups is 2. The highest BCUT2D eigenvalue weighted by atomic mass is 32.2. The molecule has 0 aliphatic heterocycles. The monoisotopic (exact) mass is 575 g/mol. The van der Waals surface area contributed by atoms with Crippen molar-refractivity contribution in [3.05, 3.63) is 96.1 Å². The van der Waals surface area contributed by atoms with E-state index in [1.807, 2.05) is 13.8 Å². The van der Waals surface area contributed by atoms with Crippen LogP contribution in [0.4, 0.5) is 18.9 Å². The number of amides is 2. The number of benzene rings is 3. The second-order valence-electron chi connectivity index (χ2n) is 9.37. The van der Waals surface area contributed by atoms with Crippen molar-refractivity contribution < 1.29 is 31.2 Å². The minimum Gasteiger partial charge on any atom is -0.352 e. The molecule has 0 heterocycles. The zero-order valence-corrected chi connectivity index (χ0v) is 23.2. The summed E-state index contributed by atoms with van der Waals surface area (Å²) in [7, 11) is -4.47. The molecule has 0 radical (unpaired) electrons. The molecular formula is C29H32F3N3O4S. The molecule has 3 rings (SSSR count). The average Bonchev–Trinajstić information content (AvgIpc) is 2.94. The number of carbonyl (C=O) groups excluding carboxylic acids is 2. The summed E-state index contributed by atoms with van der Waals surface area (Å²) < 4.78 is 68.6. The predicted octanol–water partition coefficient (Wildman–Crippen LogP) is 5.23. The Bertz CT molecular complexity index is 1400. The van der Waals surface area contributed by atoms with Crippen molar-refractivity contribution in [1.29, 1.82) is 0 Å². The quantitative estimate of drug-likeness (QED) is 0.339. The van der Waals surface area contributed by atoms with Crippen LogP contribution in [0.25, 0.3) is 0 Å². The van der Waals surface area contributed by atoms with Gasteiger partial charge in [-0.1, -0.05) is 61.5 Å². The summed E-state index contributed by atoms with van der Waals surface area (Å²) >= 11 is 0. The highest BCUT2D eigenvalue weighted by Crippen LogP contribution is 2.33. The van der Waals surface area contributed by atoms with Gasteiger partial charge < -0.3 is 10.2 Å². The maximum absolute atomic E-state index is 13.8. The zero-order chi connectivity index (χ0) is 29.5. The van der Waals surface area contributed by atoms with Crippen molar-refractivity contribution in [2.24, 2.45) is 0 Å². The van der Waals surface area contributed by atoms with Crippen LogP contribution < -0.4 is 9.62 Å². The van der Waals surface area contributed by atoms with Gasteiger partial charge in [-0.3, -0.25) is 13.9 Å². The Kier molecular flexibility index (Phi) is 9.97. The number of nitrogens with one attached hydrogen (secondary N) is 1. The third-order valence-corrected chi connectivity index (χ3v) is 8.22. The van der Waals surface area contributed by atoms with Crippen LogP contribution in [-0.4, -0.2) is 43.8 Å². The maximum atomic E-state index is 13.8. The molecule has 2 amide bonds. The fourth-order valence-electron chi connectivity index (χ4n) is 3.91. The van der Waals surface area contributed by atoms with E-state index in [0.29, 0.717) is 22.4 Å². The number of halogens is 3. The lowest BCUT2D eigenvalue weighted by atomic mass is 10.1. The Morgan fingerprint density at radius 1 is 0.900 bits per heavy atom. The number of sulfonamides is 1. The van der Waals surface area contributed by atoms with E-state index in [0.717, 1.165) is 12.1 Å². The van der Waals surface area contributed by atoms with Crippen molar-refractivity contribution in [2.45, 2.75) is 56.9 Å². The summed E-state index contributed by atoms with van der Waals surface area (Å²) in [6, 6.07) is 18.6. The number of nitrogens with zero attached hydrogens (tertiary/aromatic N) is 2. The first-order chi connectivity index (χ1) is 18.8. The molecule has 0 saturated carbocycles. The molecule has 0 fully saturated rings. The van der Waals surface area contributed by atoms with E-state index in [9.17, 15) is 31.2 Å². The third-order valence-electron chi connectivity index (χ3n) is 6.44. The maximum Gasteiger partial charge on any atom is 0.416 e. The smallest absolute Gasteiger partial charge is 0.352 e. The minimum atomic E-state index is -4.73. The van der Waals surface area contributed by atoms with Gasteiger partial charge in [0.05, 0.1) is 16.1 Å². The molecule has 3 aromatic rings. The number of rotatable bonds is 11. The topological polar surface area (TPSA) is 86.8 Å². The Morgan fingerprint density at radius 2 is 1.50 bits per heavy atom. The van der Waals surface area contributed by atoms with Crippen molar-refractivity contribution in [3.63, 3.8) is 0 Å². The van der Waals surface area contributed by atoms with Crippen molar-refractivity contribution in [2.75, 3.05) is 10.8 Å². The number of hydrogen-bond donors (Lipinski definition) is 1. The van der Waals surface area contributed by atoms with Gasteiger partial charge in [0.25, 0.3) is 10.0 Å². The molecule has 0 aromatic heterocycles. The van der Waals surface area contributed by atoms with Crippen LogP contribution in [0.5, 0.6) is 0 Å². The van der Waals surface area contributed by atoms with Crippen LogP contribution in [0.3, 0.4) is 0 Å². The van der Waals surface area contributed by atoms with Gasteiger partial charge in [0, 0.05) is 12.6 Å². The lowest BCUT2D eigenvalue weighted by Crippen LogP contribution is -2.52. The second kappa shape index (κ2) is 13.0. The van der Waals surface area contributed by atoms with Gasteiger partial charge in [-0.15, -0.1) is 0 Å². The molecule has 3 aromatic carbocycles. The molecule has 0 spiro atoms. The van der Waals surface area contributed by atoms with Gasteiger partial charge in [0.2, 0.25) is 11.8 Å². The molecule has 40 heavy (non-hydrogen) atoms. The molecule has 0 unspecified atom stereocenters. The molecule has 0 aliphatic rings. The molecule has 214 valence electrons. The summed E-state index contributed by atoms with van der Waals surface area (Å²) in [6.45, 7) is 4.39. The number of alkyl halides is 3. The Balaban J connectivity index is 2.06. The molecule has 2 atom stereocenters. The van der Waals surface area contributed by atoms with E-state index < -0.39 is 46.2 Å². The summed E-state index contributed by atoms with van der Waals surface area (Å²) in [6.07, 6.45) is -4.08. The second-order valence-corrected chi connectivity index (χ2v) is 11.2. The first-order valence-corrected chi connectivity index (χ1v) is 14.2. The minimum absolute atomic E-state index is 0.0173. The predicted molar refractivity (Wildman–Crippen MR) is 147 cm³/mol. The molecule has 1 N–H and O–H groups in total. The normalized spacial score (nSPS) is 13.2. The van der Waals surface area contributed by atoms with E-state index in [1.54, 1.807) is 36.4 Å². The van der Waals surface area contributed by atoms with Crippen molar-refractivity contribution in [3.8, 4) is 0 Å². The van der Waals surface area contributed by atoms with Crippen molar-refractivity contribution >= 4 is 27.5 Å². The summed E-state index contributed by atoms with van der Waals surface area (Å²) in [4.78, 5) is 27.9. The van der Waals surface area contributed by atoms with Gasteiger partial charge in [-0.25, -0.2) is 8.42 Å². The fourth-order valence-corrected chi connectivity index (χ4v) is 5.34. The fraction of sp³-hybridized carbons (Fsp3) is 0.310. The zero-order valence-electron chi connectivity index (χ0n) is 22.4. The highest BCUT2D eigenvalue weighted by molar-refractivity contribution is 7.92. The van der Waals surface area contributed by atoms with Gasteiger partial charge in [-0.2, -0.15) is 13.2 Å². The lowest BCUT2D eigenvalue weighted by molar-refractivity contribution is -0.139. The standard InChI is InChI=1S/C29H32F3N3O4S/c1-4-21(2)33-28(37)22(3)34(19-23-12-7-5-8-13-23)27(36)20-35(40(38,39)26-16-9-6-10-17-26)25-15-11-14-24(18-25)29(30,31)32/h5-18,21-22H,4,19-20H2,1-3H3,(H,33,37)/t21-,22-/m1/s1. The van der Waals surface area contributed by atoms with Gasteiger partial charge in [-0.05, 0) is 56.2 Å². The van der Waals surface area contributed by atoms with E-state index in [2.05, 4.69) is 5.32 Å². The first-order valence-electron chi connectivity index (χ1n) is 12.7.